The molecule has 0 bridgehead atoms. The van der Waals surface area contributed by atoms with Gasteiger partial charge in [0.2, 0.25) is 0 Å². The maximum absolute atomic E-state index is 11.7. The summed E-state index contributed by atoms with van der Waals surface area (Å²) in [4.78, 5) is 34.6. The molecule has 1 fully saturated rings. The number of urea groups is 1. The Balaban J connectivity index is 2.44. The molecule has 0 radical (unpaired) electrons. The fraction of sp³-hybridized carbons (Fsp3) is 0.700. The van der Waals surface area contributed by atoms with Crippen LogP contribution in [-0.2, 0) is 19.1 Å². The lowest BCUT2D eigenvalue weighted by Crippen LogP contribution is -2.53. The molecular weight excluding hydrogens is 260 g/mol. The number of esters is 1. The molecule has 1 aliphatic heterocycles. The Morgan fingerprint density at radius 2 is 2.21 bits per heavy atom. The SMILES string of the molecule is COC(=O)C1CN(C(=O)NCC(O)C(=O)O)CCO1. The highest BCUT2D eigenvalue weighted by Crippen LogP contribution is 2.06. The number of carboxylic acid groups (broad SMARTS) is 1. The van der Waals surface area contributed by atoms with Gasteiger partial charge in [0.25, 0.3) is 0 Å². The van der Waals surface area contributed by atoms with E-state index in [1.165, 1.54) is 12.0 Å². The van der Waals surface area contributed by atoms with Gasteiger partial charge in [-0.1, -0.05) is 0 Å². The van der Waals surface area contributed by atoms with Crippen molar-refractivity contribution < 1.29 is 34.1 Å². The minimum atomic E-state index is -1.67. The van der Waals surface area contributed by atoms with Gasteiger partial charge in [0, 0.05) is 6.54 Å². The number of carbonyl (C=O) groups is 3. The smallest absolute Gasteiger partial charge is 0.336 e. The second-order valence-corrected chi connectivity index (χ2v) is 3.87. The van der Waals surface area contributed by atoms with Crippen LogP contribution in [-0.4, -0.2) is 78.6 Å². The molecule has 2 atom stereocenters. The van der Waals surface area contributed by atoms with Crippen molar-refractivity contribution in [2.24, 2.45) is 0 Å². The normalized spacial score (nSPS) is 20.5. The van der Waals surface area contributed by atoms with E-state index in [-0.39, 0.29) is 19.7 Å². The van der Waals surface area contributed by atoms with E-state index in [0.717, 1.165) is 0 Å². The van der Waals surface area contributed by atoms with Crippen LogP contribution in [0.2, 0.25) is 0 Å². The summed E-state index contributed by atoms with van der Waals surface area (Å²) in [5, 5.41) is 19.7. The number of methoxy groups -OCH3 is 1. The third kappa shape index (κ3) is 4.38. The maximum atomic E-state index is 11.7. The molecule has 1 heterocycles. The highest BCUT2D eigenvalue weighted by atomic mass is 16.6. The van der Waals surface area contributed by atoms with E-state index in [2.05, 4.69) is 10.1 Å². The third-order valence-corrected chi connectivity index (χ3v) is 2.55. The molecule has 0 saturated carbocycles. The summed E-state index contributed by atoms with van der Waals surface area (Å²) in [6.07, 6.45) is -2.52. The first kappa shape index (κ1) is 15.2. The second-order valence-electron chi connectivity index (χ2n) is 3.87. The van der Waals surface area contributed by atoms with Crippen molar-refractivity contribution in [3.05, 3.63) is 0 Å². The molecule has 2 unspecified atom stereocenters. The minimum absolute atomic E-state index is 0.0155. The van der Waals surface area contributed by atoms with Crippen molar-refractivity contribution in [2.75, 3.05) is 33.4 Å². The van der Waals surface area contributed by atoms with Gasteiger partial charge in [-0.3, -0.25) is 0 Å². The van der Waals surface area contributed by atoms with E-state index in [9.17, 15) is 14.4 Å². The molecule has 1 rings (SSSR count). The van der Waals surface area contributed by atoms with E-state index < -0.39 is 36.7 Å². The van der Waals surface area contributed by atoms with Crippen LogP contribution in [0.1, 0.15) is 0 Å². The number of hydrogen-bond acceptors (Lipinski definition) is 6. The number of hydrogen-bond donors (Lipinski definition) is 3. The largest absolute Gasteiger partial charge is 0.479 e. The zero-order chi connectivity index (χ0) is 14.4. The summed E-state index contributed by atoms with van der Waals surface area (Å²) in [5.74, 6) is -2.00. The van der Waals surface area contributed by atoms with Gasteiger partial charge in [0.05, 0.1) is 26.8 Å². The van der Waals surface area contributed by atoms with Gasteiger partial charge in [0.15, 0.2) is 12.2 Å². The average Bonchev–Trinajstić information content (AvgIpc) is 2.43. The first-order chi connectivity index (χ1) is 8.95. The quantitative estimate of drug-likeness (QED) is 0.508. The van der Waals surface area contributed by atoms with Gasteiger partial charge < -0.3 is 29.9 Å². The minimum Gasteiger partial charge on any atom is -0.479 e. The summed E-state index contributed by atoms with van der Waals surface area (Å²) in [7, 11) is 1.22. The molecule has 0 spiro atoms. The third-order valence-electron chi connectivity index (χ3n) is 2.55. The van der Waals surface area contributed by atoms with E-state index >= 15 is 0 Å². The van der Waals surface area contributed by atoms with Crippen molar-refractivity contribution >= 4 is 18.0 Å². The molecule has 0 aromatic rings. The number of rotatable bonds is 4. The topological polar surface area (TPSA) is 125 Å². The predicted molar refractivity (Wildman–Crippen MR) is 60.4 cm³/mol. The Labute approximate surface area is 109 Å². The first-order valence-electron chi connectivity index (χ1n) is 5.58. The summed E-state index contributed by atoms with van der Waals surface area (Å²) < 4.78 is 9.64. The van der Waals surface area contributed by atoms with Crippen molar-refractivity contribution in [3.63, 3.8) is 0 Å². The fourth-order valence-corrected chi connectivity index (χ4v) is 1.49. The second kappa shape index (κ2) is 6.90. The maximum Gasteiger partial charge on any atom is 0.336 e. The monoisotopic (exact) mass is 276 g/mol. The molecule has 0 aliphatic carbocycles. The van der Waals surface area contributed by atoms with Gasteiger partial charge in [-0.15, -0.1) is 0 Å². The lowest BCUT2D eigenvalue weighted by atomic mass is 10.3. The number of aliphatic hydroxyl groups excluding tert-OH is 1. The number of aliphatic hydroxyl groups is 1. The van der Waals surface area contributed by atoms with Gasteiger partial charge >= 0.3 is 18.0 Å². The number of nitrogens with zero attached hydrogens (tertiary/aromatic N) is 1. The molecule has 108 valence electrons. The molecule has 9 nitrogen and oxygen atoms in total. The Bertz CT molecular complexity index is 360. The molecule has 1 aliphatic rings. The molecule has 9 heteroatoms. The molecule has 19 heavy (non-hydrogen) atoms. The van der Waals surface area contributed by atoms with Gasteiger partial charge in [-0.2, -0.15) is 0 Å². The molecule has 0 aromatic heterocycles. The van der Waals surface area contributed by atoms with E-state index in [1.807, 2.05) is 0 Å². The number of nitrogens with one attached hydrogen (secondary N) is 1. The molecule has 0 aromatic carbocycles. The number of ether oxygens (including phenoxy) is 2. The van der Waals surface area contributed by atoms with E-state index in [0.29, 0.717) is 0 Å². The van der Waals surface area contributed by atoms with Crippen molar-refractivity contribution in [3.8, 4) is 0 Å². The number of carbonyl (C=O) groups excluding carboxylic acids is 2. The van der Waals surface area contributed by atoms with Crippen molar-refractivity contribution in [1.29, 1.82) is 0 Å². The summed E-state index contributed by atoms with van der Waals surface area (Å²) >= 11 is 0. The van der Waals surface area contributed by atoms with E-state index in [1.54, 1.807) is 0 Å². The number of morpholine rings is 1. The summed E-state index contributed by atoms with van der Waals surface area (Å²) in [6.45, 7) is 0.0489. The lowest BCUT2D eigenvalue weighted by Gasteiger charge is -2.31. The van der Waals surface area contributed by atoms with E-state index in [4.69, 9.17) is 14.9 Å². The van der Waals surface area contributed by atoms with Crippen molar-refractivity contribution in [2.45, 2.75) is 12.2 Å². The highest BCUT2D eigenvalue weighted by Gasteiger charge is 2.30. The number of carboxylic acids is 1. The van der Waals surface area contributed by atoms with Crippen LogP contribution < -0.4 is 5.32 Å². The Morgan fingerprint density at radius 3 is 2.79 bits per heavy atom. The molecule has 3 N–H and O–H groups in total. The zero-order valence-corrected chi connectivity index (χ0v) is 10.4. The predicted octanol–water partition coefficient (Wildman–Crippen LogP) is -1.98. The van der Waals surface area contributed by atoms with Gasteiger partial charge in [-0.05, 0) is 0 Å². The van der Waals surface area contributed by atoms with Crippen LogP contribution >= 0.6 is 0 Å². The lowest BCUT2D eigenvalue weighted by molar-refractivity contribution is -0.158. The summed E-state index contributed by atoms with van der Waals surface area (Å²) in [6, 6.07) is -0.572. The summed E-state index contributed by atoms with van der Waals surface area (Å²) in [5.41, 5.74) is 0. The van der Waals surface area contributed by atoms with Crippen LogP contribution in [0.25, 0.3) is 0 Å². The van der Waals surface area contributed by atoms with Crippen molar-refractivity contribution in [1.82, 2.24) is 10.2 Å². The fourth-order valence-electron chi connectivity index (χ4n) is 1.49. The highest BCUT2D eigenvalue weighted by molar-refractivity contribution is 5.79. The molecular formula is C10H16N2O7. The standard InChI is InChI=1S/C10H16N2O7/c1-18-9(16)7-5-12(2-3-19-7)10(17)11-4-6(13)8(14)15/h6-7,13H,2-5H2,1H3,(H,11,17)(H,14,15). The number of aliphatic carboxylic acids is 1. The Kier molecular flexibility index (Phi) is 5.52. The first-order valence-corrected chi connectivity index (χ1v) is 5.58. The van der Waals surface area contributed by atoms with Crippen LogP contribution in [0.15, 0.2) is 0 Å². The zero-order valence-electron chi connectivity index (χ0n) is 10.4. The van der Waals surface area contributed by atoms with Crippen LogP contribution in [0.3, 0.4) is 0 Å². The molecule has 1 saturated heterocycles. The Hall–Kier alpha value is -1.87. The average molecular weight is 276 g/mol. The van der Waals surface area contributed by atoms with Crippen LogP contribution in [0, 0.1) is 0 Å². The van der Waals surface area contributed by atoms with Gasteiger partial charge in [0.1, 0.15) is 0 Å². The van der Waals surface area contributed by atoms with Crippen LogP contribution in [0.5, 0.6) is 0 Å². The Morgan fingerprint density at radius 1 is 1.53 bits per heavy atom. The van der Waals surface area contributed by atoms with Crippen LogP contribution in [0.4, 0.5) is 4.79 Å². The molecule has 2 amide bonds. The number of amides is 2. The van der Waals surface area contributed by atoms with Gasteiger partial charge in [-0.25, -0.2) is 14.4 Å².